The van der Waals surface area contributed by atoms with E-state index in [1.54, 1.807) is 11.3 Å². The molecular formula is C11H9N3S. The van der Waals surface area contributed by atoms with E-state index in [0.717, 1.165) is 16.5 Å². The van der Waals surface area contributed by atoms with Gasteiger partial charge < -0.3 is 0 Å². The van der Waals surface area contributed by atoms with Gasteiger partial charge in [0.1, 0.15) is 5.82 Å². The van der Waals surface area contributed by atoms with E-state index in [1.165, 1.54) is 10.1 Å². The Balaban J connectivity index is 2.19. The maximum Gasteiger partial charge on any atom is 0.191 e. The molecule has 4 heteroatoms. The lowest BCUT2D eigenvalue weighted by molar-refractivity contribution is 1.04. The first-order valence-corrected chi connectivity index (χ1v) is 5.52. The molecule has 2 heterocycles. The van der Waals surface area contributed by atoms with Crippen molar-refractivity contribution in [2.75, 3.05) is 0 Å². The topological polar surface area (TPSA) is 41.6 Å². The molecule has 0 bridgehead atoms. The summed E-state index contributed by atoms with van der Waals surface area (Å²) in [4.78, 5) is 5.43. The van der Waals surface area contributed by atoms with Crippen LogP contribution in [0.3, 0.4) is 0 Å². The number of hydrogen-bond acceptors (Lipinski definition) is 3. The van der Waals surface area contributed by atoms with Crippen molar-refractivity contribution < 1.29 is 0 Å². The van der Waals surface area contributed by atoms with Crippen molar-refractivity contribution in [3.8, 4) is 10.7 Å². The number of hydrogen-bond donors (Lipinski definition) is 1. The van der Waals surface area contributed by atoms with Crippen LogP contribution in [0.1, 0.15) is 5.82 Å². The molecule has 2 aromatic heterocycles. The monoisotopic (exact) mass is 215 g/mol. The summed E-state index contributed by atoms with van der Waals surface area (Å²) >= 11 is 1.72. The Labute approximate surface area is 90.8 Å². The van der Waals surface area contributed by atoms with Crippen LogP contribution in [0.2, 0.25) is 0 Å². The molecule has 0 saturated carbocycles. The second kappa shape index (κ2) is 3.17. The number of nitrogens with one attached hydrogen (secondary N) is 1. The van der Waals surface area contributed by atoms with E-state index in [4.69, 9.17) is 0 Å². The highest BCUT2D eigenvalue weighted by molar-refractivity contribution is 7.22. The van der Waals surface area contributed by atoms with Crippen LogP contribution in [-0.2, 0) is 0 Å². The summed E-state index contributed by atoms with van der Waals surface area (Å²) < 4.78 is 1.27. The smallest absolute Gasteiger partial charge is 0.191 e. The van der Waals surface area contributed by atoms with Crippen molar-refractivity contribution >= 4 is 21.4 Å². The van der Waals surface area contributed by atoms with Crippen LogP contribution in [0.15, 0.2) is 30.3 Å². The van der Waals surface area contributed by atoms with Gasteiger partial charge in [-0.25, -0.2) is 4.98 Å². The minimum absolute atomic E-state index is 0.786. The van der Waals surface area contributed by atoms with E-state index < -0.39 is 0 Å². The highest BCUT2D eigenvalue weighted by Gasteiger charge is 2.07. The summed E-state index contributed by atoms with van der Waals surface area (Å²) in [5.41, 5.74) is 0. The molecule has 3 aromatic rings. The zero-order chi connectivity index (χ0) is 10.3. The fourth-order valence-corrected chi connectivity index (χ4v) is 2.54. The molecule has 3 nitrogen and oxygen atoms in total. The Kier molecular flexibility index (Phi) is 1.82. The number of aryl methyl sites for hydroxylation is 1. The fraction of sp³-hybridized carbons (Fsp3) is 0.0909. The van der Waals surface area contributed by atoms with Gasteiger partial charge in [-0.1, -0.05) is 18.2 Å². The Morgan fingerprint density at radius 1 is 1.27 bits per heavy atom. The molecule has 3 rings (SSSR count). The summed E-state index contributed by atoms with van der Waals surface area (Å²) in [6, 6.07) is 10.4. The molecule has 0 amide bonds. The predicted octanol–water partition coefficient (Wildman–Crippen LogP) is 2.99. The first-order chi connectivity index (χ1) is 7.33. The van der Waals surface area contributed by atoms with Crippen LogP contribution >= 0.6 is 11.3 Å². The minimum Gasteiger partial charge on any atom is -0.263 e. The summed E-state index contributed by atoms with van der Waals surface area (Å²) in [6.07, 6.45) is 0. The van der Waals surface area contributed by atoms with Crippen molar-refractivity contribution in [1.29, 1.82) is 0 Å². The molecule has 0 aliphatic rings. The van der Waals surface area contributed by atoms with Crippen LogP contribution in [0.4, 0.5) is 0 Å². The van der Waals surface area contributed by atoms with Crippen LogP contribution < -0.4 is 0 Å². The van der Waals surface area contributed by atoms with Crippen LogP contribution in [0.25, 0.3) is 20.8 Å². The van der Waals surface area contributed by atoms with Gasteiger partial charge in [-0.05, 0) is 24.4 Å². The highest BCUT2D eigenvalue weighted by atomic mass is 32.1. The van der Waals surface area contributed by atoms with Crippen molar-refractivity contribution in [1.82, 2.24) is 15.2 Å². The maximum absolute atomic E-state index is 4.32. The predicted molar refractivity (Wildman–Crippen MR) is 61.9 cm³/mol. The Morgan fingerprint density at radius 3 is 2.87 bits per heavy atom. The number of rotatable bonds is 1. The van der Waals surface area contributed by atoms with Gasteiger partial charge in [0.2, 0.25) is 0 Å². The molecule has 0 fully saturated rings. The van der Waals surface area contributed by atoms with Gasteiger partial charge in [0.05, 0.1) is 4.88 Å². The molecule has 0 atom stereocenters. The maximum atomic E-state index is 4.32. The second-order valence-electron chi connectivity index (χ2n) is 3.39. The Bertz CT molecular complexity index is 576. The second-order valence-corrected chi connectivity index (χ2v) is 4.48. The van der Waals surface area contributed by atoms with Crippen molar-refractivity contribution in [2.45, 2.75) is 6.92 Å². The SMILES string of the molecule is Cc1nc(-c2cc3ccccc3s2)n[nH]1. The van der Waals surface area contributed by atoms with Crippen LogP contribution in [0.5, 0.6) is 0 Å². The van der Waals surface area contributed by atoms with Gasteiger partial charge in [-0.3, -0.25) is 5.10 Å². The van der Waals surface area contributed by atoms with Crippen molar-refractivity contribution in [3.63, 3.8) is 0 Å². The molecule has 1 aromatic carbocycles. The standard InChI is InChI=1S/C11H9N3S/c1-7-12-11(14-13-7)10-6-8-4-2-3-5-9(8)15-10/h2-6H,1H3,(H,12,13,14). The van der Waals surface area contributed by atoms with E-state index in [1.807, 2.05) is 19.1 Å². The van der Waals surface area contributed by atoms with Crippen LogP contribution in [0, 0.1) is 6.92 Å². The lowest BCUT2D eigenvalue weighted by Crippen LogP contribution is -1.73. The van der Waals surface area contributed by atoms with Gasteiger partial charge >= 0.3 is 0 Å². The number of aromatic amines is 1. The summed E-state index contributed by atoms with van der Waals surface area (Å²) in [5.74, 6) is 1.64. The summed E-state index contributed by atoms with van der Waals surface area (Å²) in [5, 5.41) is 8.26. The molecule has 74 valence electrons. The number of benzene rings is 1. The van der Waals surface area contributed by atoms with Gasteiger partial charge in [0.25, 0.3) is 0 Å². The van der Waals surface area contributed by atoms with Gasteiger partial charge in [-0.2, -0.15) is 5.10 Å². The van der Waals surface area contributed by atoms with E-state index in [0.29, 0.717) is 0 Å². The molecule has 0 radical (unpaired) electrons. The molecule has 1 N–H and O–H groups in total. The molecule has 0 spiro atoms. The van der Waals surface area contributed by atoms with Crippen molar-refractivity contribution in [3.05, 3.63) is 36.2 Å². The Hall–Kier alpha value is -1.68. The molecule has 0 saturated heterocycles. The number of thiophene rings is 1. The van der Waals surface area contributed by atoms with E-state index in [9.17, 15) is 0 Å². The highest BCUT2D eigenvalue weighted by Crippen LogP contribution is 2.31. The first-order valence-electron chi connectivity index (χ1n) is 4.71. The third-order valence-corrected chi connectivity index (χ3v) is 3.36. The van der Waals surface area contributed by atoms with Crippen molar-refractivity contribution in [2.24, 2.45) is 0 Å². The quantitative estimate of drug-likeness (QED) is 0.678. The summed E-state index contributed by atoms with van der Waals surface area (Å²) in [6.45, 7) is 1.91. The zero-order valence-electron chi connectivity index (χ0n) is 8.19. The molecule has 0 aliphatic carbocycles. The lowest BCUT2D eigenvalue weighted by Gasteiger charge is -1.83. The number of H-pyrrole nitrogens is 1. The normalized spacial score (nSPS) is 11.0. The van der Waals surface area contributed by atoms with Gasteiger partial charge in [-0.15, -0.1) is 11.3 Å². The first kappa shape index (κ1) is 8.61. The van der Waals surface area contributed by atoms with E-state index in [-0.39, 0.29) is 0 Å². The molecule has 15 heavy (non-hydrogen) atoms. The van der Waals surface area contributed by atoms with E-state index >= 15 is 0 Å². The largest absolute Gasteiger partial charge is 0.263 e. The summed E-state index contributed by atoms with van der Waals surface area (Å²) in [7, 11) is 0. The number of nitrogens with zero attached hydrogens (tertiary/aromatic N) is 2. The molecular weight excluding hydrogens is 206 g/mol. The number of fused-ring (bicyclic) bond motifs is 1. The Morgan fingerprint density at radius 2 is 2.13 bits per heavy atom. The van der Waals surface area contributed by atoms with Crippen LogP contribution in [-0.4, -0.2) is 15.2 Å². The van der Waals surface area contributed by atoms with E-state index in [2.05, 4.69) is 33.4 Å². The minimum atomic E-state index is 0.786. The third-order valence-electron chi connectivity index (χ3n) is 2.24. The lowest BCUT2D eigenvalue weighted by atomic mass is 10.2. The number of aromatic nitrogens is 3. The fourth-order valence-electron chi connectivity index (χ4n) is 1.54. The molecule has 0 aliphatic heterocycles. The zero-order valence-corrected chi connectivity index (χ0v) is 9.01. The molecule has 0 unspecified atom stereocenters. The third kappa shape index (κ3) is 1.43. The average Bonchev–Trinajstić information content (AvgIpc) is 2.82. The average molecular weight is 215 g/mol. The van der Waals surface area contributed by atoms with Gasteiger partial charge in [0, 0.05) is 4.70 Å². The van der Waals surface area contributed by atoms with Gasteiger partial charge in [0.15, 0.2) is 5.82 Å².